The van der Waals surface area contributed by atoms with Crippen molar-refractivity contribution in [3.63, 3.8) is 0 Å². The van der Waals surface area contributed by atoms with E-state index >= 15 is 0 Å². The van der Waals surface area contributed by atoms with Crippen molar-refractivity contribution in [2.75, 3.05) is 5.75 Å². The Morgan fingerprint density at radius 1 is 1.28 bits per heavy atom. The molecule has 0 fully saturated rings. The molecule has 0 bridgehead atoms. The molecular weight excluding hydrogens is 328 g/mol. The number of nitriles is 1. The summed E-state index contributed by atoms with van der Waals surface area (Å²) >= 11 is 1.65. The fourth-order valence-electron chi connectivity index (χ4n) is 3.59. The van der Waals surface area contributed by atoms with Gasteiger partial charge in [0, 0.05) is 17.7 Å². The molecule has 1 aromatic carbocycles. The van der Waals surface area contributed by atoms with E-state index in [-0.39, 0.29) is 11.7 Å². The smallest absolute Gasteiger partial charge is 0.161 e. The number of Topliss-reactive ketones (excluding diaryl/α,β-unsaturated/α-hetero) is 1. The van der Waals surface area contributed by atoms with Crippen molar-refractivity contribution in [3.05, 3.63) is 57.3 Å². The fourth-order valence-corrected chi connectivity index (χ4v) is 4.39. The zero-order valence-electron chi connectivity index (χ0n) is 15.1. The third-order valence-electron chi connectivity index (χ3n) is 4.89. The maximum Gasteiger partial charge on any atom is 0.161 e. The first kappa shape index (κ1) is 17.8. The number of ketones is 1. The molecule has 2 aliphatic rings. The minimum absolute atomic E-state index is 0.181. The van der Waals surface area contributed by atoms with Crippen molar-refractivity contribution in [1.82, 2.24) is 5.32 Å². The number of carbonyl (C=O) groups excluding carboxylic acids is 1. The summed E-state index contributed by atoms with van der Waals surface area (Å²) < 4.78 is 0. The molecule has 1 unspecified atom stereocenters. The molecule has 1 aliphatic heterocycles. The van der Waals surface area contributed by atoms with Crippen LogP contribution in [0.25, 0.3) is 0 Å². The van der Waals surface area contributed by atoms with Gasteiger partial charge in [0.25, 0.3) is 0 Å². The Bertz CT molecular complexity index is 781. The summed E-state index contributed by atoms with van der Waals surface area (Å²) in [6.07, 6.45) is 2.35. The first-order valence-electron chi connectivity index (χ1n) is 8.97. The Hall–Kier alpha value is -1.99. The molecule has 130 valence electrons. The predicted octanol–water partition coefficient (Wildman–Crippen LogP) is 4.99. The highest BCUT2D eigenvalue weighted by Gasteiger charge is 2.36. The standard InChI is InChI=1S/C21H24N2OS/c1-4-25-21-16(12-22)19(15-10-8-14(9-11-15)13(2)3)20-17(23-21)6-5-7-18(20)24/h8-11,13,19,23H,4-7H2,1-3H3. The van der Waals surface area contributed by atoms with Crippen LogP contribution in [0.2, 0.25) is 0 Å². The summed E-state index contributed by atoms with van der Waals surface area (Å²) in [5.74, 6) is 1.30. The molecule has 3 nitrogen and oxygen atoms in total. The number of hydrogen-bond acceptors (Lipinski definition) is 4. The van der Waals surface area contributed by atoms with Gasteiger partial charge in [-0.15, -0.1) is 11.8 Å². The molecule has 1 atom stereocenters. The van der Waals surface area contributed by atoms with Gasteiger partial charge in [-0.2, -0.15) is 5.26 Å². The third-order valence-corrected chi connectivity index (χ3v) is 5.79. The molecule has 3 rings (SSSR count). The Labute approximate surface area is 154 Å². The van der Waals surface area contributed by atoms with Gasteiger partial charge < -0.3 is 5.32 Å². The van der Waals surface area contributed by atoms with Gasteiger partial charge in [-0.25, -0.2) is 0 Å². The summed E-state index contributed by atoms with van der Waals surface area (Å²) in [4.78, 5) is 12.7. The predicted molar refractivity (Wildman–Crippen MR) is 103 cm³/mol. The molecule has 0 radical (unpaired) electrons. The van der Waals surface area contributed by atoms with E-state index in [0.717, 1.165) is 40.5 Å². The van der Waals surface area contributed by atoms with Crippen LogP contribution in [0, 0.1) is 11.3 Å². The maximum atomic E-state index is 12.7. The number of carbonyl (C=O) groups is 1. The van der Waals surface area contributed by atoms with Crippen LogP contribution < -0.4 is 5.32 Å². The molecule has 25 heavy (non-hydrogen) atoms. The molecule has 0 spiro atoms. The highest BCUT2D eigenvalue weighted by Crippen LogP contribution is 2.44. The molecule has 1 aromatic rings. The maximum absolute atomic E-state index is 12.7. The zero-order valence-corrected chi connectivity index (χ0v) is 15.9. The average molecular weight is 353 g/mol. The molecule has 1 aliphatic carbocycles. The lowest BCUT2D eigenvalue weighted by atomic mass is 9.76. The van der Waals surface area contributed by atoms with Gasteiger partial charge in [0.05, 0.1) is 22.6 Å². The van der Waals surface area contributed by atoms with E-state index in [1.165, 1.54) is 5.56 Å². The first-order chi connectivity index (χ1) is 12.1. The second-order valence-electron chi connectivity index (χ2n) is 6.84. The minimum atomic E-state index is -0.232. The molecule has 1 heterocycles. The lowest BCUT2D eigenvalue weighted by molar-refractivity contribution is -0.116. The van der Waals surface area contributed by atoms with Gasteiger partial charge in [0.1, 0.15) is 0 Å². The van der Waals surface area contributed by atoms with Crippen LogP contribution in [-0.2, 0) is 4.79 Å². The van der Waals surface area contributed by atoms with Crippen LogP contribution in [0.5, 0.6) is 0 Å². The van der Waals surface area contributed by atoms with E-state index in [0.29, 0.717) is 17.9 Å². The summed E-state index contributed by atoms with van der Waals surface area (Å²) in [7, 11) is 0. The van der Waals surface area contributed by atoms with Crippen molar-refractivity contribution in [2.45, 2.75) is 51.9 Å². The Kier molecular flexibility index (Phi) is 5.34. The lowest BCUT2D eigenvalue weighted by Gasteiger charge is -2.33. The number of benzene rings is 1. The van der Waals surface area contributed by atoms with E-state index in [1.807, 2.05) is 0 Å². The summed E-state index contributed by atoms with van der Waals surface area (Å²) in [5, 5.41) is 14.2. The molecule has 0 amide bonds. The van der Waals surface area contributed by atoms with Crippen LogP contribution in [0.4, 0.5) is 0 Å². The van der Waals surface area contributed by atoms with E-state index in [4.69, 9.17) is 0 Å². The molecule has 0 saturated heterocycles. The van der Waals surface area contributed by atoms with Crippen molar-refractivity contribution in [1.29, 1.82) is 5.26 Å². The van der Waals surface area contributed by atoms with Gasteiger partial charge in [-0.05, 0) is 35.6 Å². The number of nitrogens with one attached hydrogen (secondary N) is 1. The van der Waals surface area contributed by atoms with E-state index in [2.05, 4.69) is 56.4 Å². The molecular formula is C21H24N2OS. The van der Waals surface area contributed by atoms with Gasteiger partial charge >= 0.3 is 0 Å². The molecule has 1 N–H and O–H groups in total. The highest BCUT2D eigenvalue weighted by atomic mass is 32.2. The Morgan fingerprint density at radius 3 is 2.60 bits per heavy atom. The lowest BCUT2D eigenvalue weighted by Crippen LogP contribution is -2.31. The average Bonchev–Trinajstić information content (AvgIpc) is 2.61. The minimum Gasteiger partial charge on any atom is -0.352 e. The van der Waals surface area contributed by atoms with Crippen LogP contribution in [0.1, 0.15) is 63.0 Å². The van der Waals surface area contributed by atoms with Crippen molar-refractivity contribution in [2.24, 2.45) is 0 Å². The number of hydrogen-bond donors (Lipinski definition) is 1. The second-order valence-corrected chi connectivity index (χ2v) is 8.11. The van der Waals surface area contributed by atoms with Crippen LogP contribution in [0.3, 0.4) is 0 Å². The Balaban J connectivity index is 2.12. The normalized spacial score (nSPS) is 20.4. The van der Waals surface area contributed by atoms with Gasteiger partial charge in [0.2, 0.25) is 0 Å². The largest absolute Gasteiger partial charge is 0.352 e. The first-order valence-corrected chi connectivity index (χ1v) is 9.95. The number of thioether (sulfide) groups is 1. The van der Waals surface area contributed by atoms with E-state index < -0.39 is 0 Å². The zero-order chi connectivity index (χ0) is 18.0. The van der Waals surface area contributed by atoms with Gasteiger partial charge in [-0.3, -0.25) is 4.79 Å². The second kappa shape index (κ2) is 7.49. The van der Waals surface area contributed by atoms with E-state index in [9.17, 15) is 10.1 Å². The monoisotopic (exact) mass is 352 g/mol. The topological polar surface area (TPSA) is 52.9 Å². The summed E-state index contributed by atoms with van der Waals surface area (Å²) in [5.41, 5.74) is 4.81. The van der Waals surface area contributed by atoms with Crippen LogP contribution in [0.15, 0.2) is 46.1 Å². The summed E-state index contributed by atoms with van der Waals surface area (Å²) in [6.45, 7) is 6.42. The number of nitrogens with zero attached hydrogens (tertiary/aromatic N) is 1. The van der Waals surface area contributed by atoms with Gasteiger partial charge in [0.15, 0.2) is 5.78 Å². The molecule has 0 saturated carbocycles. The van der Waals surface area contributed by atoms with Crippen molar-refractivity contribution < 1.29 is 4.79 Å². The number of allylic oxidation sites excluding steroid dienone is 3. The Morgan fingerprint density at radius 2 is 2.00 bits per heavy atom. The van der Waals surface area contributed by atoms with Gasteiger partial charge in [-0.1, -0.05) is 45.0 Å². The highest BCUT2D eigenvalue weighted by molar-refractivity contribution is 8.03. The van der Waals surface area contributed by atoms with E-state index in [1.54, 1.807) is 11.8 Å². The quantitative estimate of drug-likeness (QED) is 0.829. The van der Waals surface area contributed by atoms with Crippen LogP contribution >= 0.6 is 11.8 Å². The third kappa shape index (κ3) is 3.39. The fraction of sp³-hybridized carbons (Fsp3) is 0.429. The van der Waals surface area contributed by atoms with Crippen LogP contribution in [-0.4, -0.2) is 11.5 Å². The number of rotatable bonds is 4. The van der Waals surface area contributed by atoms with Crippen molar-refractivity contribution >= 4 is 17.5 Å². The molecule has 4 heteroatoms. The number of dihydropyridines is 1. The summed E-state index contributed by atoms with van der Waals surface area (Å²) in [6, 6.07) is 10.8. The molecule has 0 aromatic heterocycles. The SMILES string of the molecule is CCSC1=C(C#N)C(c2ccc(C(C)C)cc2)C2=C(CCCC2=O)N1. The van der Waals surface area contributed by atoms with Crippen molar-refractivity contribution in [3.8, 4) is 6.07 Å².